The molecule has 0 saturated carbocycles. The summed E-state index contributed by atoms with van der Waals surface area (Å²) >= 11 is 2.39. The maximum Gasteiger partial charge on any atom is -1.00 e. The van der Waals surface area contributed by atoms with Crippen molar-refractivity contribution in [2.75, 3.05) is 0 Å². The SMILES string of the molecule is CC1=C(c2c([SiH](C)C)ccc3c2[CH]([Ti+2])c2ccccc2-3)CC=C1.[H-].[H-]. The Bertz CT molecular complexity index is 868. The second-order valence-corrected chi connectivity index (χ2v) is 10.8. The van der Waals surface area contributed by atoms with E-state index in [1.165, 1.54) is 22.3 Å². The Balaban J connectivity index is 0.00000113. The predicted octanol–water partition coefficient (Wildman–Crippen LogP) is 4.96. The van der Waals surface area contributed by atoms with Crippen LogP contribution in [0.15, 0.2) is 54.1 Å². The fourth-order valence-electron chi connectivity index (χ4n) is 4.05. The molecule has 23 heavy (non-hydrogen) atoms. The van der Waals surface area contributed by atoms with Gasteiger partial charge in [0.05, 0.1) is 0 Å². The molecule has 0 spiro atoms. The number of allylic oxidation sites excluding steroid dienone is 4. The second kappa shape index (κ2) is 5.74. The van der Waals surface area contributed by atoms with Gasteiger partial charge in [-0.15, -0.1) is 0 Å². The molecule has 2 heteroatoms. The maximum atomic E-state index is 2.45. The van der Waals surface area contributed by atoms with Gasteiger partial charge in [-0.3, -0.25) is 0 Å². The van der Waals surface area contributed by atoms with Gasteiger partial charge >= 0.3 is 153 Å². The zero-order valence-electron chi connectivity index (χ0n) is 16.0. The molecule has 2 aliphatic rings. The van der Waals surface area contributed by atoms with Crippen LogP contribution in [0.3, 0.4) is 0 Å². The minimum Gasteiger partial charge on any atom is -1.00 e. The third kappa shape index (κ3) is 2.29. The standard InChI is InChI=1S/C21H21Si.Ti.2H/c1-14-7-6-10-16(14)21-19-13-15-8-4-5-9-17(15)18(19)11-12-20(21)22(2)3;;;/h4-9,11-13,22H,10H2,1-3H3;;;/q;+2;2*-1. The average Bonchev–Trinajstić information content (AvgIpc) is 3.09. The van der Waals surface area contributed by atoms with Crippen molar-refractivity contribution >= 4 is 19.6 Å². The van der Waals surface area contributed by atoms with Crippen molar-refractivity contribution in [3.8, 4) is 11.1 Å². The molecule has 0 radical (unpaired) electrons. The Morgan fingerprint density at radius 3 is 2.57 bits per heavy atom. The number of fused-ring (bicyclic) bond motifs is 3. The summed E-state index contributed by atoms with van der Waals surface area (Å²) in [5.74, 6) is 0. The van der Waals surface area contributed by atoms with Crippen LogP contribution in [0.25, 0.3) is 16.7 Å². The first-order valence-electron chi connectivity index (χ1n) is 8.43. The van der Waals surface area contributed by atoms with Crippen molar-refractivity contribution in [2.45, 2.75) is 30.7 Å². The zero-order chi connectivity index (χ0) is 16.1. The van der Waals surface area contributed by atoms with Gasteiger partial charge in [-0.25, -0.2) is 0 Å². The summed E-state index contributed by atoms with van der Waals surface area (Å²) in [6.45, 7) is 7.18. The minimum atomic E-state index is -0.873. The number of hydrogen-bond acceptors (Lipinski definition) is 0. The van der Waals surface area contributed by atoms with Gasteiger partial charge in [-0.1, -0.05) is 0 Å². The Labute approximate surface area is 155 Å². The Hall–Kier alpha value is -1.15. The van der Waals surface area contributed by atoms with Crippen molar-refractivity contribution in [3.05, 3.63) is 70.8 Å². The van der Waals surface area contributed by atoms with E-state index in [1.54, 1.807) is 21.9 Å². The molecular weight excluding hydrogens is 328 g/mol. The monoisotopic (exact) mass is 351 g/mol. The number of rotatable bonds is 2. The first-order valence-corrected chi connectivity index (χ1v) is 12.2. The molecule has 0 heterocycles. The number of benzene rings is 2. The van der Waals surface area contributed by atoms with Crippen molar-refractivity contribution in [2.24, 2.45) is 0 Å². The van der Waals surface area contributed by atoms with Gasteiger partial charge in [-0.05, 0) is 0 Å². The van der Waals surface area contributed by atoms with Crippen LogP contribution in [0.1, 0.15) is 37.1 Å². The van der Waals surface area contributed by atoms with Gasteiger partial charge in [0.25, 0.3) is 0 Å². The van der Waals surface area contributed by atoms with E-state index < -0.39 is 8.80 Å². The van der Waals surface area contributed by atoms with Crippen molar-refractivity contribution in [3.63, 3.8) is 0 Å². The van der Waals surface area contributed by atoms with Crippen molar-refractivity contribution < 1.29 is 23.3 Å². The van der Waals surface area contributed by atoms with Crippen LogP contribution in [-0.4, -0.2) is 8.80 Å². The van der Waals surface area contributed by atoms with E-state index in [0.717, 1.165) is 6.42 Å². The molecular formula is C21H23SiTi. The maximum absolute atomic E-state index is 2.45. The summed E-state index contributed by atoms with van der Waals surface area (Å²) in [5, 5.41) is 1.64. The van der Waals surface area contributed by atoms with E-state index in [-0.39, 0.29) is 2.85 Å². The van der Waals surface area contributed by atoms with Crippen LogP contribution in [0.2, 0.25) is 13.1 Å². The van der Waals surface area contributed by atoms with Gasteiger partial charge in [-0.2, -0.15) is 0 Å². The van der Waals surface area contributed by atoms with Gasteiger partial charge in [0.15, 0.2) is 0 Å². The second-order valence-electron chi connectivity index (χ2n) is 6.93. The smallest absolute Gasteiger partial charge is 1.00 e. The van der Waals surface area contributed by atoms with Gasteiger partial charge in [0, 0.05) is 0 Å². The molecule has 1 atom stereocenters. The molecule has 2 aromatic carbocycles. The fraction of sp³-hybridized carbons (Fsp3) is 0.238. The first kappa shape index (κ1) is 15.4. The number of hydrogen-bond donors (Lipinski definition) is 0. The quantitative estimate of drug-likeness (QED) is 0.671. The van der Waals surface area contributed by atoms with Crippen LogP contribution in [0.4, 0.5) is 0 Å². The van der Waals surface area contributed by atoms with Gasteiger partial charge in [0.2, 0.25) is 0 Å². The van der Waals surface area contributed by atoms with E-state index in [0.29, 0.717) is 4.22 Å². The van der Waals surface area contributed by atoms with Crippen LogP contribution in [0.5, 0.6) is 0 Å². The van der Waals surface area contributed by atoms with E-state index in [1.807, 2.05) is 0 Å². The molecule has 4 rings (SSSR count). The summed E-state index contributed by atoms with van der Waals surface area (Å²) in [5.41, 5.74) is 10.6. The Morgan fingerprint density at radius 1 is 1.09 bits per heavy atom. The van der Waals surface area contributed by atoms with Gasteiger partial charge in [0.1, 0.15) is 0 Å². The molecule has 1 unspecified atom stereocenters. The predicted molar refractivity (Wildman–Crippen MR) is 101 cm³/mol. The summed E-state index contributed by atoms with van der Waals surface area (Å²) in [6.07, 6.45) is 5.72. The van der Waals surface area contributed by atoms with Crippen molar-refractivity contribution in [1.29, 1.82) is 0 Å². The average molecular weight is 351 g/mol. The minimum absolute atomic E-state index is 0. The zero-order valence-corrected chi connectivity index (χ0v) is 16.7. The molecule has 2 aliphatic carbocycles. The summed E-state index contributed by atoms with van der Waals surface area (Å²) in [6, 6.07) is 13.8. The van der Waals surface area contributed by atoms with Crippen LogP contribution in [0, 0.1) is 0 Å². The Kier molecular flexibility index (Phi) is 3.84. The first-order chi connectivity index (χ1) is 11.1. The van der Waals surface area contributed by atoms with Crippen molar-refractivity contribution in [1.82, 2.24) is 0 Å². The molecule has 0 N–H and O–H groups in total. The molecule has 0 aliphatic heterocycles. The molecule has 115 valence electrons. The molecule has 0 saturated heterocycles. The summed E-state index contributed by atoms with van der Waals surface area (Å²) < 4.78 is 0.504. The topological polar surface area (TPSA) is 0 Å². The van der Waals surface area contributed by atoms with E-state index in [4.69, 9.17) is 0 Å². The summed E-state index contributed by atoms with van der Waals surface area (Å²) in [4.78, 5) is 0. The third-order valence-corrected chi connectivity index (χ3v) is 7.88. The van der Waals surface area contributed by atoms with Crippen LogP contribution < -0.4 is 5.19 Å². The van der Waals surface area contributed by atoms with Gasteiger partial charge < -0.3 is 2.85 Å². The van der Waals surface area contributed by atoms with E-state index in [2.05, 4.69) is 89.0 Å². The largest absolute Gasteiger partial charge is 1.00 e. The van der Waals surface area contributed by atoms with Crippen LogP contribution >= 0.6 is 0 Å². The Morgan fingerprint density at radius 2 is 1.87 bits per heavy atom. The summed E-state index contributed by atoms with van der Waals surface area (Å²) in [7, 11) is -0.873. The van der Waals surface area contributed by atoms with E-state index >= 15 is 0 Å². The fourth-order valence-corrected chi connectivity index (χ4v) is 6.30. The molecule has 0 bridgehead atoms. The van der Waals surface area contributed by atoms with E-state index in [9.17, 15) is 0 Å². The molecule has 0 aromatic heterocycles. The molecule has 0 amide bonds. The molecule has 2 aromatic rings. The molecule has 0 fully saturated rings. The van der Waals surface area contributed by atoms with Crippen LogP contribution in [-0.2, 0) is 20.4 Å². The molecule has 0 nitrogen and oxygen atoms in total. The third-order valence-electron chi connectivity index (χ3n) is 5.22. The normalized spacial score (nSPS) is 18.8.